The molecule has 0 radical (unpaired) electrons. The first-order valence-electron chi connectivity index (χ1n) is 9.47. The number of rotatable bonds is 6. The predicted molar refractivity (Wildman–Crippen MR) is 108 cm³/mol. The molecule has 0 aliphatic carbocycles. The average Bonchev–Trinajstić information content (AvgIpc) is 3.07. The lowest BCUT2D eigenvalue weighted by Crippen LogP contribution is -2.16. The van der Waals surface area contributed by atoms with E-state index in [0.717, 1.165) is 22.8 Å². The minimum Gasteiger partial charge on any atom is -0.321 e. The second-order valence-corrected chi connectivity index (χ2v) is 8.06. The van der Waals surface area contributed by atoms with Crippen LogP contribution in [0.3, 0.4) is 0 Å². The van der Waals surface area contributed by atoms with E-state index >= 15 is 0 Å². The van der Waals surface area contributed by atoms with E-state index in [1.54, 1.807) is 0 Å². The summed E-state index contributed by atoms with van der Waals surface area (Å²) in [4.78, 5) is 16.6. The molecule has 0 spiro atoms. The molecular formula is C23H23F2N3O. The fraction of sp³-hybridized carbons (Fsp3) is 0.348. The Morgan fingerprint density at radius 3 is 2.66 bits per heavy atom. The SMILES string of the molecule is Cc1cc(C(C)CC(=O)Cn2cnc3ccc(F)c(F)c32)ccc1C(C)(C)C#N. The summed E-state index contributed by atoms with van der Waals surface area (Å²) >= 11 is 0. The molecule has 4 nitrogen and oxygen atoms in total. The molecule has 6 heteroatoms. The highest BCUT2D eigenvalue weighted by molar-refractivity contribution is 5.82. The number of Topliss-reactive ketones (excluding diaryl/α,β-unsaturated/α-hetero) is 1. The molecule has 0 N–H and O–H groups in total. The Morgan fingerprint density at radius 1 is 1.28 bits per heavy atom. The third-order valence-electron chi connectivity index (χ3n) is 5.32. The lowest BCUT2D eigenvalue weighted by molar-refractivity contribution is -0.119. The van der Waals surface area contributed by atoms with Crippen molar-refractivity contribution in [3.63, 3.8) is 0 Å². The summed E-state index contributed by atoms with van der Waals surface area (Å²) in [6.45, 7) is 7.59. The second kappa shape index (κ2) is 7.75. The lowest BCUT2D eigenvalue weighted by Gasteiger charge is -2.21. The van der Waals surface area contributed by atoms with Crippen LogP contribution in [-0.2, 0) is 16.8 Å². The third-order valence-corrected chi connectivity index (χ3v) is 5.32. The average molecular weight is 395 g/mol. The van der Waals surface area contributed by atoms with E-state index in [1.165, 1.54) is 17.0 Å². The van der Waals surface area contributed by atoms with E-state index in [-0.39, 0.29) is 30.2 Å². The Bertz CT molecular complexity index is 1130. The molecule has 3 rings (SSSR count). The number of aryl methyl sites for hydroxylation is 1. The molecule has 1 heterocycles. The Hall–Kier alpha value is -3.07. The monoisotopic (exact) mass is 395 g/mol. The number of carbonyl (C=O) groups excluding carboxylic acids is 1. The van der Waals surface area contributed by atoms with Crippen LogP contribution >= 0.6 is 0 Å². The number of hydrogen-bond acceptors (Lipinski definition) is 3. The fourth-order valence-electron chi connectivity index (χ4n) is 3.69. The van der Waals surface area contributed by atoms with Crippen LogP contribution in [0.25, 0.3) is 11.0 Å². The van der Waals surface area contributed by atoms with Crippen LogP contribution in [0.2, 0.25) is 0 Å². The molecule has 1 aromatic heterocycles. The molecule has 2 aromatic carbocycles. The standard InChI is InChI=1S/C23H23F2N3O/c1-14(16-5-6-18(15(2)9-16)23(3,4)12-26)10-17(29)11-28-13-27-20-8-7-19(24)21(25)22(20)28/h5-9,13-14H,10-11H2,1-4H3. The van der Waals surface area contributed by atoms with Crippen LogP contribution in [0, 0.1) is 29.9 Å². The van der Waals surface area contributed by atoms with Crippen molar-refractivity contribution in [2.75, 3.05) is 0 Å². The van der Waals surface area contributed by atoms with E-state index in [2.05, 4.69) is 11.1 Å². The zero-order valence-corrected chi connectivity index (χ0v) is 17.0. The van der Waals surface area contributed by atoms with Crippen molar-refractivity contribution in [1.82, 2.24) is 9.55 Å². The highest BCUT2D eigenvalue weighted by atomic mass is 19.2. The first-order chi connectivity index (χ1) is 13.6. The van der Waals surface area contributed by atoms with Crippen molar-refractivity contribution in [2.45, 2.75) is 52.0 Å². The van der Waals surface area contributed by atoms with Crippen molar-refractivity contribution in [1.29, 1.82) is 5.26 Å². The summed E-state index contributed by atoms with van der Waals surface area (Å²) in [5.41, 5.74) is 2.71. The third kappa shape index (κ3) is 4.04. The van der Waals surface area contributed by atoms with Gasteiger partial charge in [0.1, 0.15) is 5.52 Å². The van der Waals surface area contributed by atoms with Gasteiger partial charge in [0.15, 0.2) is 17.4 Å². The molecule has 0 saturated heterocycles. The van der Waals surface area contributed by atoms with Gasteiger partial charge >= 0.3 is 0 Å². The summed E-state index contributed by atoms with van der Waals surface area (Å²) in [5.74, 6) is -2.10. The molecular weight excluding hydrogens is 372 g/mol. The molecule has 0 amide bonds. The summed E-state index contributed by atoms with van der Waals surface area (Å²) in [6, 6.07) is 10.6. The van der Waals surface area contributed by atoms with Crippen molar-refractivity contribution < 1.29 is 13.6 Å². The largest absolute Gasteiger partial charge is 0.321 e. The van der Waals surface area contributed by atoms with Crippen molar-refractivity contribution in [2.24, 2.45) is 0 Å². The minimum atomic E-state index is -0.993. The first kappa shape index (κ1) is 20.7. The highest BCUT2D eigenvalue weighted by Gasteiger charge is 2.23. The molecule has 0 fully saturated rings. The number of halogens is 2. The summed E-state index contributed by atoms with van der Waals surface area (Å²) < 4.78 is 29.0. The number of aromatic nitrogens is 2. The second-order valence-electron chi connectivity index (χ2n) is 8.06. The summed E-state index contributed by atoms with van der Waals surface area (Å²) in [7, 11) is 0. The van der Waals surface area contributed by atoms with Gasteiger partial charge in [0.2, 0.25) is 0 Å². The number of carbonyl (C=O) groups is 1. The Labute approximate surface area is 168 Å². The van der Waals surface area contributed by atoms with E-state index in [0.29, 0.717) is 5.52 Å². The molecule has 0 aliphatic rings. The number of nitriles is 1. The maximum absolute atomic E-state index is 14.1. The number of ketones is 1. The summed E-state index contributed by atoms with van der Waals surface area (Å²) in [6.07, 6.45) is 1.62. The van der Waals surface area contributed by atoms with E-state index in [9.17, 15) is 18.8 Å². The normalized spacial score (nSPS) is 12.7. The van der Waals surface area contributed by atoms with Crippen LogP contribution in [0.5, 0.6) is 0 Å². The Balaban J connectivity index is 1.76. The maximum atomic E-state index is 14.1. The van der Waals surface area contributed by atoms with E-state index in [1.807, 2.05) is 45.9 Å². The lowest BCUT2D eigenvalue weighted by atomic mass is 9.81. The van der Waals surface area contributed by atoms with E-state index in [4.69, 9.17) is 0 Å². The molecule has 0 saturated carbocycles. The first-order valence-corrected chi connectivity index (χ1v) is 9.47. The number of fused-ring (bicyclic) bond motifs is 1. The van der Waals surface area contributed by atoms with Crippen molar-refractivity contribution >= 4 is 16.8 Å². The zero-order chi connectivity index (χ0) is 21.3. The van der Waals surface area contributed by atoms with Crippen LogP contribution in [0.4, 0.5) is 8.78 Å². The number of imidazole rings is 1. The van der Waals surface area contributed by atoms with Gasteiger partial charge in [-0.25, -0.2) is 13.8 Å². The zero-order valence-electron chi connectivity index (χ0n) is 17.0. The molecule has 0 aliphatic heterocycles. The smallest absolute Gasteiger partial charge is 0.184 e. The Kier molecular flexibility index (Phi) is 5.52. The minimum absolute atomic E-state index is 0.00457. The van der Waals surface area contributed by atoms with Crippen molar-refractivity contribution in [3.8, 4) is 6.07 Å². The highest BCUT2D eigenvalue weighted by Crippen LogP contribution is 2.29. The maximum Gasteiger partial charge on any atom is 0.184 e. The van der Waals surface area contributed by atoms with Gasteiger partial charge in [-0.15, -0.1) is 0 Å². The fourth-order valence-corrected chi connectivity index (χ4v) is 3.69. The van der Waals surface area contributed by atoms with Gasteiger partial charge in [-0.1, -0.05) is 25.1 Å². The van der Waals surface area contributed by atoms with Gasteiger partial charge in [-0.05, 0) is 55.5 Å². The van der Waals surface area contributed by atoms with Gasteiger partial charge in [-0.3, -0.25) is 4.79 Å². The van der Waals surface area contributed by atoms with Crippen LogP contribution < -0.4 is 0 Å². The van der Waals surface area contributed by atoms with Crippen molar-refractivity contribution in [3.05, 3.63) is 65.0 Å². The van der Waals surface area contributed by atoms with Gasteiger partial charge < -0.3 is 4.57 Å². The number of nitrogens with zero attached hydrogens (tertiary/aromatic N) is 3. The molecule has 0 bridgehead atoms. The molecule has 29 heavy (non-hydrogen) atoms. The summed E-state index contributed by atoms with van der Waals surface area (Å²) in [5, 5.41) is 9.35. The van der Waals surface area contributed by atoms with Crippen LogP contribution in [-0.4, -0.2) is 15.3 Å². The predicted octanol–water partition coefficient (Wildman–Crippen LogP) is 5.19. The van der Waals surface area contributed by atoms with Gasteiger partial charge in [0.05, 0.1) is 29.9 Å². The molecule has 150 valence electrons. The van der Waals surface area contributed by atoms with Crippen LogP contribution in [0.15, 0.2) is 36.7 Å². The molecule has 1 unspecified atom stereocenters. The van der Waals surface area contributed by atoms with Gasteiger partial charge in [0, 0.05) is 6.42 Å². The molecule has 1 atom stereocenters. The topological polar surface area (TPSA) is 58.7 Å². The van der Waals surface area contributed by atoms with Gasteiger partial charge in [-0.2, -0.15) is 5.26 Å². The molecule has 3 aromatic rings. The number of hydrogen-bond donors (Lipinski definition) is 0. The van der Waals surface area contributed by atoms with Gasteiger partial charge in [0.25, 0.3) is 0 Å². The number of benzene rings is 2. The van der Waals surface area contributed by atoms with E-state index < -0.39 is 17.0 Å². The quantitative estimate of drug-likeness (QED) is 0.577. The van der Waals surface area contributed by atoms with Crippen LogP contribution in [0.1, 0.15) is 49.8 Å². The Morgan fingerprint density at radius 2 is 2.00 bits per heavy atom.